The van der Waals surface area contributed by atoms with Crippen LogP contribution in [0.4, 0.5) is 0 Å². The zero-order valence-corrected chi connectivity index (χ0v) is 11.8. The normalized spacial score (nSPS) is 8.44. The predicted octanol–water partition coefficient (Wildman–Crippen LogP) is -1.83. The second-order valence-corrected chi connectivity index (χ2v) is 2.79. The van der Waals surface area contributed by atoms with Crippen molar-refractivity contribution < 1.29 is 34.7 Å². The molecular formula is C10H9ClN3NaO. The Morgan fingerprint density at radius 1 is 1.12 bits per heavy atom. The van der Waals surface area contributed by atoms with Gasteiger partial charge in [0.15, 0.2) is 0 Å². The van der Waals surface area contributed by atoms with Crippen LogP contribution in [0, 0.1) is 0 Å². The Hall–Kier alpha value is -0.520. The third-order valence-corrected chi connectivity index (χ3v) is 1.92. The minimum atomic E-state index is 0. The molecule has 0 bridgehead atoms. The van der Waals surface area contributed by atoms with Gasteiger partial charge >= 0.3 is 29.6 Å². The van der Waals surface area contributed by atoms with Crippen molar-refractivity contribution in [1.82, 2.24) is 15.0 Å². The van der Waals surface area contributed by atoms with E-state index >= 15 is 0 Å². The van der Waals surface area contributed by atoms with Crippen molar-refractivity contribution in [2.24, 2.45) is 0 Å². The molecule has 6 heteroatoms. The van der Waals surface area contributed by atoms with Gasteiger partial charge in [-0.1, -0.05) is 11.6 Å². The van der Waals surface area contributed by atoms with Crippen molar-refractivity contribution in [3.8, 4) is 11.3 Å². The molecule has 0 saturated heterocycles. The van der Waals surface area contributed by atoms with Gasteiger partial charge in [0.25, 0.3) is 0 Å². The van der Waals surface area contributed by atoms with E-state index in [9.17, 15) is 0 Å². The maximum atomic E-state index is 8.25. The number of hydrogen-bond acceptors (Lipinski definition) is 4. The smallest absolute Gasteiger partial charge is 0.857 e. The second-order valence-electron chi connectivity index (χ2n) is 2.44. The molecule has 16 heavy (non-hydrogen) atoms. The Morgan fingerprint density at radius 3 is 2.44 bits per heavy atom. The van der Waals surface area contributed by atoms with Gasteiger partial charge in [0.05, 0.1) is 5.69 Å². The number of halogens is 1. The van der Waals surface area contributed by atoms with Crippen LogP contribution in [0.15, 0.2) is 36.9 Å². The number of nitrogens with zero attached hydrogens (tertiary/aromatic N) is 3. The summed E-state index contributed by atoms with van der Waals surface area (Å²) in [5, 5.41) is 8.71. The molecule has 0 fully saturated rings. The van der Waals surface area contributed by atoms with Gasteiger partial charge in [-0.25, -0.2) is 15.0 Å². The van der Waals surface area contributed by atoms with Gasteiger partial charge in [-0.05, 0) is 18.2 Å². The zero-order valence-electron chi connectivity index (χ0n) is 9.09. The van der Waals surface area contributed by atoms with Gasteiger partial charge < -0.3 is 5.11 Å². The zero-order chi connectivity index (χ0) is 11.1. The predicted molar refractivity (Wildman–Crippen MR) is 56.2 cm³/mol. The minimum Gasteiger partial charge on any atom is -0.857 e. The van der Waals surface area contributed by atoms with Crippen molar-refractivity contribution >= 4 is 11.6 Å². The van der Waals surface area contributed by atoms with Crippen LogP contribution < -0.4 is 34.7 Å². The summed E-state index contributed by atoms with van der Waals surface area (Å²) in [6, 6.07) is 5.49. The molecule has 0 aliphatic rings. The molecule has 78 valence electrons. The van der Waals surface area contributed by atoms with E-state index < -0.39 is 0 Å². The minimum absolute atomic E-state index is 0. The first-order valence-electron chi connectivity index (χ1n) is 4.15. The first-order valence-corrected chi connectivity index (χ1v) is 4.53. The Bertz CT molecular complexity index is 414. The van der Waals surface area contributed by atoms with Gasteiger partial charge in [-0.2, -0.15) is 7.11 Å². The maximum Gasteiger partial charge on any atom is 1.00 e. The van der Waals surface area contributed by atoms with E-state index in [1.54, 1.807) is 18.5 Å². The SMILES string of the molecule is C[O-].Clc1ncccc1-c1ccncn1.[Na+]. The molecule has 0 amide bonds. The fourth-order valence-corrected chi connectivity index (χ4v) is 1.24. The Balaban J connectivity index is 0.000000711. The van der Waals surface area contributed by atoms with Crippen molar-refractivity contribution in [2.75, 3.05) is 7.11 Å². The summed E-state index contributed by atoms with van der Waals surface area (Å²) in [5.41, 5.74) is 1.61. The molecule has 0 spiro atoms. The Kier molecular flexibility index (Phi) is 8.33. The monoisotopic (exact) mass is 245 g/mol. The molecule has 0 aliphatic heterocycles. The van der Waals surface area contributed by atoms with Crippen molar-refractivity contribution in [3.63, 3.8) is 0 Å². The number of rotatable bonds is 1. The third kappa shape index (κ3) is 4.15. The van der Waals surface area contributed by atoms with Crippen molar-refractivity contribution in [2.45, 2.75) is 0 Å². The van der Waals surface area contributed by atoms with Crippen LogP contribution in [0.1, 0.15) is 0 Å². The molecule has 2 heterocycles. The van der Waals surface area contributed by atoms with E-state index in [2.05, 4.69) is 15.0 Å². The van der Waals surface area contributed by atoms with Gasteiger partial charge in [0.1, 0.15) is 11.5 Å². The van der Waals surface area contributed by atoms with Crippen LogP contribution in [-0.2, 0) is 0 Å². The molecule has 2 aromatic rings. The number of aromatic nitrogens is 3. The fraction of sp³-hybridized carbons (Fsp3) is 0.100. The van der Waals surface area contributed by atoms with Crippen LogP contribution in [0.25, 0.3) is 11.3 Å². The van der Waals surface area contributed by atoms with E-state index in [-0.39, 0.29) is 29.6 Å². The topological polar surface area (TPSA) is 61.7 Å². The summed E-state index contributed by atoms with van der Waals surface area (Å²) in [7, 11) is 0.750. The van der Waals surface area contributed by atoms with E-state index in [1.165, 1.54) is 6.33 Å². The quantitative estimate of drug-likeness (QED) is 0.438. The van der Waals surface area contributed by atoms with Gasteiger partial charge in [0.2, 0.25) is 0 Å². The Labute approximate surface area is 121 Å². The van der Waals surface area contributed by atoms with E-state index in [0.29, 0.717) is 5.15 Å². The summed E-state index contributed by atoms with van der Waals surface area (Å²) < 4.78 is 0. The molecule has 0 radical (unpaired) electrons. The first kappa shape index (κ1) is 15.5. The van der Waals surface area contributed by atoms with Crippen LogP contribution in [-0.4, -0.2) is 22.1 Å². The summed E-state index contributed by atoms with van der Waals surface area (Å²) in [6.45, 7) is 0. The average molecular weight is 246 g/mol. The molecule has 2 aromatic heterocycles. The van der Waals surface area contributed by atoms with Crippen LogP contribution in [0.5, 0.6) is 0 Å². The van der Waals surface area contributed by atoms with E-state index in [4.69, 9.17) is 16.7 Å². The van der Waals surface area contributed by atoms with Crippen molar-refractivity contribution in [3.05, 3.63) is 42.1 Å². The molecule has 0 aromatic carbocycles. The third-order valence-electron chi connectivity index (χ3n) is 1.62. The number of pyridine rings is 1. The molecule has 0 saturated carbocycles. The molecule has 0 N–H and O–H groups in total. The van der Waals surface area contributed by atoms with Gasteiger partial charge in [0, 0.05) is 18.0 Å². The van der Waals surface area contributed by atoms with Crippen molar-refractivity contribution in [1.29, 1.82) is 0 Å². The van der Waals surface area contributed by atoms with Crippen LogP contribution >= 0.6 is 11.6 Å². The molecular weight excluding hydrogens is 237 g/mol. The van der Waals surface area contributed by atoms with Gasteiger partial charge in [-0.15, -0.1) is 0 Å². The molecule has 0 atom stereocenters. The summed E-state index contributed by atoms with van der Waals surface area (Å²) in [4.78, 5) is 11.9. The van der Waals surface area contributed by atoms with Crippen LogP contribution in [0.3, 0.4) is 0 Å². The molecule has 0 unspecified atom stereocenters. The van der Waals surface area contributed by atoms with Crippen LogP contribution in [0.2, 0.25) is 5.15 Å². The fourth-order valence-electron chi connectivity index (χ4n) is 1.03. The number of hydrogen-bond donors (Lipinski definition) is 0. The largest absolute Gasteiger partial charge is 1.00 e. The van der Waals surface area contributed by atoms with E-state index in [0.717, 1.165) is 18.4 Å². The van der Waals surface area contributed by atoms with Gasteiger partial charge in [-0.3, -0.25) is 0 Å². The molecule has 2 rings (SSSR count). The summed E-state index contributed by atoms with van der Waals surface area (Å²) >= 11 is 5.89. The first-order chi connectivity index (χ1) is 7.38. The van der Waals surface area contributed by atoms with E-state index in [1.807, 2.05) is 12.1 Å². The standard InChI is InChI=1S/C9H6ClN3.CH3O.Na/c10-9-7(2-1-4-12-9)8-3-5-11-6-13-8;1-2;/h1-6H;1H3;/q;-1;+1. The average Bonchev–Trinajstić information content (AvgIpc) is 2.33. The summed E-state index contributed by atoms with van der Waals surface area (Å²) in [6.07, 6.45) is 4.80. The molecule has 4 nitrogen and oxygen atoms in total. The summed E-state index contributed by atoms with van der Waals surface area (Å²) in [5.74, 6) is 0. The Morgan fingerprint density at radius 2 is 1.88 bits per heavy atom. The molecule has 0 aliphatic carbocycles. The maximum absolute atomic E-state index is 8.25. The second kappa shape index (κ2) is 8.61.